The topological polar surface area (TPSA) is 97.4 Å². The van der Waals surface area contributed by atoms with Gasteiger partial charge < -0.3 is 10.1 Å². The molecule has 26 heavy (non-hydrogen) atoms. The molecule has 0 unspecified atom stereocenters. The van der Waals surface area contributed by atoms with Crippen molar-refractivity contribution in [3.05, 3.63) is 41.2 Å². The number of imide groups is 1. The monoisotopic (exact) mass is 379 g/mol. The number of urea groups is 1. The highest BCUT2D eigenvalue weighted by Gasteiger charge is 2.18. The van der Waals surface area contributed by atoms with E-state index < -0.39 is 30.1 Å². The van der Waals surface area contributed by atoms with Gasteiger partial charge in [0.25, 0.3) is 5.91 Å². The van der Waals surface area contributed by atoms with Gasteiger partial charge in [0.15, 0.2) is 12.3 Å². The highest BCUT2D eigenvalue weighted by molar-refractivity contribution is 7.13. The van der Waals surface area contributed by atoms with Crippen LogP contribution in [0, 0.1) is 5.82 Å². The molecule has 1 aromatic carbocycles. The maximum Gasteiger partial charge on any atom is 0.358 e. The van der Waals surface area contributed by atoms with Gasteiger partial charge in [0, 0.05) is 16.5 Å². The van der Waals surface area contributed by atoms with E-state index in [1.165, 1.54) is 28.8 Å². The summed E-state index contributed by atoms with van der Waals surface area (Å²) in [6.45, 7) is 4.67. The molecule has 2 N–H and O–H groups in total. The number of amides is 3. The van der Waals surface area contributed by atoms with E-state index in [-0.39, 0.29) is 11.5 Å². The summed E-state index contributed by atoms with van der Waals surface area (Å²) in [5.74, 6) is -1.92. The van der Waals surface area contributed by atoms with Gasteiger partial charge in [-0.3, -0.25) is 10.1 Å². The van der Waals surface area contributed by atoms with Crippen LogP contribution in [0.5, 0.6) is 0 Å². The second-order valence-electron chi connectivity index (χ2n) is 6.37. The number of nitrogens with zero attached hydrogens (tertiary/aromatic N) is 1. The minimum atomic E-state index is -0.791. The van der Waals surface area contributed by atoms with Crippen molar-refractivity contribution in [1.82, 2.24) is 15.6 Å². The van der Waals surface area contributed by atoms with Crippen LogP contribution in [0.1, 0.15) is 31.3 Å². The Balaban J connectivity index is 1.87. The number of rotatable bonds is 4. The van der Waals surface area contributed by atoms with E-state index >= 15 is 0 Å². The Kier molecular flexibility index (Phi) is 6.04. The number of carbonyl (C=O) groups excluding carboxylic acids is 3. The molecule has 0 saturated heterocycles. The maximum atomic E-state index is 12.9. The standard InChI is InChI=1S/C17H18FN3O4S/c1-17(2,3)21-16(24)20-13(22)8-25-15(23)12-9-26-14(19-12)10-4-6-11(18)7-5-10/h4-7,9H,8H2,1-3H3,(H2,20,21,22,24). The number of esters is 1. The van der Waals surface area contributed by atoms with Crippen molar-refractivity contribution in [2.75, 3.05) is 6.61 Å². The second-order valence-corrected chi connectivity index (χ2v) is 7.23. The van der Waals surface area contributed by atoms with E-state index in [9.17, 15) is 18.8 Å². The van der Waals surface area contributed by atoms with Gasteiger partial charge in [-0.2, -0.15) is 0 Å². The predicted octanol–water partition coefficient (Wildman–Crippen LogP) is 2.73. The Morgan fingerprint density at radius 3 is 2.46 bits per heavy atom. The number of thiazole rings is 1. The minimum Gasteiger partial charge on any atom is -0.451 e. The molecule has 9 heteroatoms. The molecule has 0 fully saturated rings. The number of halogens is 1. The van der Waals surface area contributed by atoms with Gasteiger partial charge in [-0.25, -0.2) is 19.0 Å². The molecule has 7 nitrogen and oxygen atoms in total. The van der Waals surface area contributed by atoms with Crippen molar-refractivity contribution in [1.29, 1.82) is 0 Å². The van der Waals surface area contributed by atoms with Gasteiger partial charge in [-0.15, -0.1) is 11.3 Å². The van der Waals surface area contributed by atoms with E-state index in [0.29, 0.717) is 10.6 Å². The minimum absolute atomic E-state index is 0.0290. The van der Waals surface area contributed by atoms with Gasteiger partial charge in [0.2, 0.25) is 0 Å². The summed E-state index contributed by atoms with van der Waals surface area (Å²) < 4.78 is 17.8. The Bertz CT molecular complexity index is 812. The van der Waals surface area contributed by atoms with Crippen molar-refractivity contribution in [2.24, 2.45) is 0 Å². The predicted molar refractivity (Wildman–Crippen MR) is 94.2 cm³/mol. The lowest BCUT2D eigenvalue weighted by atomic mass is 10.1. The van der Waals surface area contributed by atoms with Crippen LogP contribution in [0.15, 0.2) is 29.6 Å². The molecule has 2 rings (SSSR count). The molecule has 138 valence electrons. The zero-order valence-corrected chi connectivity index (χ0v) is 15.3. The van der Waals surface area contributed by atoms with Crippen LogP contribution in [-0.4, -0.2) is 35.0 Å². The molecule has 3 amide bonds. The Labute approximate surface area is 153 Å². The zero-order valence-electron chi connectivity index (χ0n) is 14.5. The summed E-state index contributed by atoms with van der Waals surface area (Å²) in [6, 6.07) is 5.00. The van der Waals surface area contributed by atoms with Crippen molar-refractivity contribution in [2.45, 2.75) is 26.3 Å². The first-order chi connectivity index (χ1) is 12.1. The third kappa shape index (κ3) is 5.92. The summed E-state index contributed by atoms with van der Waals surface area (Å²) in [5.41, 5.74) is 0.187. The van der Waals surface area contributed by atoms with Gasteiger partial charge in [0.05, 0.1) is 0 Å². The van der Waals surface area contributed by atoms with Crippen molar-refractivity contribution < 1.29 is 23.5 Å². The molecule has 0 bridgehead atoms. The molecule has 2 aromatic rings. The van der Waals surface area contributed by atoms with Crippen LogP contribution in [-0.2, 0) is 9.53 Å². The van der Waals surface area contributed by atoms with E-state index in [1.54, 1.807) is 32.9 Å². The molecule has 0 atom stereocenters. The lowest BCUT2D eigenvalue weighted by Gasteiger charge is -2.20. The third-order valence-electron chi connectivity index (χ3n) is 2.88. The fourth-order valence-electron chi connectivity index (χ4n) is 1.83. The van der Waals surface area contributed by atoms with Gasteiger partial charge in [-0.05, 0) is 45.0 Å². The zero-order chi connectivity index (χ0) is 19.3. The molecule has 0 aliphatic carbocycles. The van der Waals surface area contributed by atoms with E-state index in [0.717, 1.165) is 0 Å². The van der Waals surface area contributed by atoms with Crippen LogP contribution in [0.3, 0.4) is 0 Å². The van der Waals surface area contributed by atoms with E-state index in [2.05, 4.69) is 15.6 Å². The Morgan fingerprint density at radius 2 is 1.85 bits per heavy atom. The van der Waals surface area contributed by atoms with Crippen molar-refractivity contribution >= 4 is 29.2 Å². The average Bonchev–Trinajstić information content (AvgIpc) is 3.01. The number of carbonyl (C=O) groups is 3. The Morgan fingerprint density at radius 1 is 1.19 bits per heavy atom. The van der Waals surface area contributed by atoms with Crippen molar-refractivity contribution in [3.8, 4) is 10.6 Å². The number of benzene rings is 1. The number of ether oxygens (including phenoxy) is 1. The van der Waals surface area contributed by atoms with Gasteiger partial charge in [0.1, 0.15) is 10.8 Å². The first-order valence-corrected chi connectivity index (χ1v) is 8.52. The Hall–Kier alpha value is -2.81. The van der Waals surface area contributed by atoms with E-state index in [4.69, 9.17) is 4.74 Å². The van der Waals surface area contributed by atoms with Gasteiger partial charge >= 0.3 is 12.0 Å². The molecular weight excluding hydrogens is 361 g/mol. The highest BCUT2D eigenvalue weighted by atomic mass is 32.1. The SMILES string of the molecule is CC(C)(C)NC(=O)NC(=O)COC(=O)c1csc(-c2ccc(F)cc2)n1. The molecular formula is C17H18FN3O4S. The first-order valence-electron chi connectivity index (χ1n) is 7.64. The number of hydrogen-bond acceptors (Lipinski definition) is 6. The lowest BCUT2D eigenvalue weighted by Crippen LogP contribution is -2.49. The van der Waals surface area contributed by atoms with Crippen LogP contribution in [0.4, 0.5) is 9.18 Å². The van der Waals surface area contributed by atoms with Crippen LogP contribution in [0.25, 0.3) is 10.6 Å². The molecule has 1 aromatic heterocycles. The number of nitrogens with one attached hydrogen (secondary N) is 2. The third-order valence-corrected chi connectivity index (χ3v) is 3.77. The molecule has 0 radical (unpaired) electrons. The summed E-state index contributed by atoms with van der Waals surface area (Å²) in [5, 5.41) is 6.60. The summed E-state index contributed by atoms with van der Waals surface area (Å²) in [7, 11) is 0. The smallest absolute Gasteiger partial charge is 0.358 e. The highest BCUT2D eigenvalue weighted by Crippen LogP contribution is 2.24. The quantitative estimate of drug-likeness (QED) is 0.796. The first kappa shape index (κ1) is 19.5. The molecule has 1 heterocycles. The molecule has 0 saturated carbocycles. The fourth-order valence-corrected chi connectivity index (χ4v) is 2.63. The normalized spacial score (nSPS) is 10.9. The maximum absolute atomic E-state index is 12.9. The van der Waals surface area contributed by atoms with Crippen LogP contribution in [0.2, 0.25) is 0 Å². The number of aromatic nitrogens is 1. The van der Waals surface area contributed by atoms with Gasteiger partial charge in [-0.1, -0.05) is 0 Å². The lowest BCUT2D eigenvalue weighted by molar-refractivity contribution is -0.123. The average molecular weight is 379 g/mol. The summed E-state index contributed by atoms with van der Waals surface area (Å²) in [6.07, 6.45) is 0. The van der Waals surface area contributed by atoms with Crippen LogP contribution < -0.4 is 10.6 Å². The molecule has 0 aliphatic heterocycles. The van der Waals surface area contributed by atoms with E-state index in [1.807, 2.05) is 0 Å². The molecule has 0 spiro atoms. The summed E-state index contributed by atoms with van der Waals surface area (Å²) >= 11 is 1.19. The fraction of sp³-hybridized carbons (Fsp3) is 0.294. The molecule has 0 aliphatic rings. The second kappa shape index (κ2) is 8.05. The largest absolute Gasteiger partial charge is 0.451 e. The van der Waals surface area contributed by atoms with Crippen molar-refractivity contribution in [3.63, 3.8) is 0 Å². The summed E-state index contributed by atoms with van der Waals surface area (Å²) in [4.78, 5) is 39.2. The number of hydrogen-bond donors (Lipinski definition) is 2. The van der Waals surface area contributed by atoms with Crippen LogP contribution >= 0.6 is 11.3 Å².